The third kappa shape index (κ3) is 5.14. The molecule has 37 heavy (non-hydrogen) atoms. The molecule has 190 valence electrons. The van der Waals surface area contributed by atoms with E-state index in [0.29, 0.717) is 31.9 Å². The van der Waals surface area contributed by atoms with Crippen LogP contribution >= 0.6 is 0 Å². The highest BCUT2D eigenvalue weighted by Crippen LogP contribution is 2.33. The molecule has 0 unspecified atom stereocenters. The Labute approximate surface area is 216 Å². The molecule has 1 aliphatic rings. The van der Waals surface area contributed by atoms with Gasteiger partial charge in [0.05, 0.1) is 9.82 Å². The first kappa shape index (κ1) is 24.7. The number of nitrogens with one attached hydrogen (secondary N) is 1. The molecular formula is C28H28N4O4S. The van der Waals surface area contributed by atoms with Crippen LogP contribution in [0.25, 0.3) is 10.8 Å². The summed E-state index contributed by atoms with van der Waals surface area (Å²) in [5, 5.41) is 16.8. The van der Waals surface area contributed by atoms with Crippen molar-refractivity contribution in [3.63, 3.8) is 0 Å². The molecule has 1 aliphatic heterocycles. The van der Waals surface area contributed by atoms with E-state index in [4.69, 9.17) is 0 Å². The van der Waals surface area contributed by atoms with Crippen LogP contribution < -0.4 is 10.2 Å². The number of benzene rings is 4. The Morgan fingerprint density at radius 2 is 1.51 bits per heavy atom. The molecular weight excluding hydrogens is 488 g/mol. The van der Waals surface area contributed by atoms with Gasteiger partial charge in [-0.15, -0.1) is 0 Å². The molecule has 0 aromatic heterocycles. The molecule has 1 N–H and O–H groups in total. The fraction of sp³-hybridized carbons (Fsp3) is 0.214. The highest BCUT2D eigenvalue weighted by Gasteiger charge is 2.29. The highest BCUT2D eigenvalue weighted by atomic mass is 32.2. The van der Waals surface area contributed by atoms with Gasteiger partial charge in [0.25, 0.3) is 5.69 Å². The predicted molar refractivity (Wildman–Crippen MR) is 146 cm³/mol. The van der Waals surface area contributed by atoms with E-state index in [1.165, 1.54) is 10.4 Å². The molecule has 1 atom stereocenters. The monoisotopic (exact) mass is 516 g/mol. The Balaban J connectivity index is 1.32. The first-order valence-electron chi connectivity index (χ1n) is 12.2. The first-order chi connectivity index (χ1) is 17.8. The molecule has 4 aromatic carbocycles. The van der Waals surface area contributed by atoms with Crippen LogP contribution in [0, 0.1) is 10.1 Å². The Morgan fingerprint density at radius 1 is 0.838 bits per heavy atom. The van der Waals surface area contributed by atoms with Crippen molar-refractivity contribution in [2.75, 3.05) is 36.4 Å². The van der Waals surface area contributed by atoms with Crippen LogP contribution in [0.4, 0.5) is 17.1 Å². The van der Waals surface area contributed by atoms with Crippen LogP contribution in [0.3, 0.4) is 0 Å². The van der Waals surface area contributed by atoms with E-state index in [-0.39, 0.29) is 16.6 Å². The number of fused-ring (bicyclic) bond motifs is 1. The predicted octanol–water partition coefficient (Wildman–Crippen LogP) is 5.43. The van der Waals surface area contributed by atoms with E-state index in [0.717, 1.165) is 22.0 Å². The summed E-state index contributed by atoms with van der Waals surface area (Å²) in [6, 6.07) is 27.5. The third-order valence-electron chi connectivity index (χ3n) is 6.81. The summed E-state index contributed by atoms with van der Waals surface area (Å²) < 4.78 is 28.2. The standard InChI is InChI=1S/C28H28N4O4S/c1-21(22-7-3-2-4-8-22)29-27-20-25(12-14-28(27)32(33)34)30-15-17-31(18-16-30)37(35,36)26-13-11-23-9-5-6-10-24(23)19-26/h2-14,19-21,29H,15-18H2,1H3/t21-/m1/s1. The number of nitrogens with zero attached hydrogens (tertiary/aromatic N) is 3. The van der Waals surface area contributed by atoms with Crippen LogP contribution in [0.15, 0.2) is 95.9 Å². The molecule has 0 aliphatic carbocycles. The van der Waals surface area contributed by atoms with Gasteiger partial charge < -0.3 is 10.2 Å². The maximum Gasteiger partial charge on any atom is 0.292 e. The van der Waals surface area contributed by atoms with Crippen LogP contribution in [0.5, 0.6) is 0 Å². The van der Waals surface area contributed by atoms with E-state index in [1.54, 1.807) is 24.3 Å². The molecule has 4 aromatic rings. The van der Waals surface area contributed by atoms with Gasteiger partial charge in [-0.2, -0.15) is 4.31 Å². The van der Waals surface area contributed by atoms with E-state index in [1.807, 2.05) is 67.6 Å². The second-order valence-electron chi connectivity index (χ2n) is 9.14. The second-order valence-corrected chi connectivity index (χ2v) is 11.1. The summed E-state index contributed by atoms with van der Waals surface area (Å²) in [6.07, 6.45) is 0. The number of nitro benzene ring substituents is 1. The van der Waals surface area contributed by atoms with Crippen LogP contribution in [-0.2, 0) is 10.0 Å². The van der Waals surface area contributed by atoms with Crippen molar-refractivity contribution >= 4 is 37.9 Å². The Hall–Kier alpha value is -3.95. The number of rotatable bonds is 7. The van der Waals surface area contributed by atoms with Crippen molar-refractivity contribution in [3.05, 3.63) is 107 Å². The highest BCUT2D eigenvalue weighted by molar-refractivity contribution is 7.89. The summed E-state index contributed by atoms with van der Waals surface area (Å²) in [6.45, 7) is 3.59. The van der Waals surface area contributed by atoms with E-state index >= 15 is 0 Å². The summed E-state index contributed by atoms with van der Waals surface area (Å²) in [7, 11) is -3.63. The molecule has 9 heteroatoms. The minimum atomic E-state index is -3.63. The molecule has 0 amide bonds. The quantitative estimate of drug-likeness (QED) is 0.260. The van der Waals surface area contributed by atoms with Crippen molar-refractivity contribution in [3.8, 4) is 0 Å². The fourth-order valence-electron chi connectivity index (χ4n) is 4.72. The van der Waals surface area contributed by atoms with Gasteiger partial charge >= 0.3 is 0 Å². The number of piperazine rings is 1. The van der Waals surface area contributed by atoms with Gasteiger partial charge in [-0.1, -0.05) is 60.7 Å². The maximum absolute atomic E-state index is 13.3. The van der Waals surface area contributed by atoms with Crippen molar-refractivity contribution < 1.29 is 13.3 Å². The Kier molecular flexibility index (Phi) is 6.82. The zero-order valence-corrected chi connectivity index (χ0v) is 21.3. The van der Waals surface area contributed by atoms with Crippen molar-refractivity contribution in [2.24, 2.45) is 0 Å². The molecule has 0 saturated carbocycles. The number of anilines is 2. The summed E-state index contributed by atoms with van der Waals surface area (Å²) in [5.41, 5.74) is 2.28. The average molecular weight is 517 g/mol. The van der Waals surface area contributed by atoms with Crippen molar-refractivity contribution in [2.45, 2.75) is 17.9 Å². The Bertz CT molecular complexity index is 1530. The second kappa shape index (κ2) is 10.2. The SMILES string of the molecule is C[C@@H](Nc1cc(N2CCN(S(=O)(=O)c3ccc4ccccc4c3)CC2)ccc1[N+](=O)[O-])c1ccccc1. The lowest BCUT2D eigenvalue weighted by atomic mass is 10.1. The summed E-state index contributed by atoms with van der Waals surface area (Å²) >= 11 is 0. The molecule has 0 bridgehead atoms. The smallest absolute Gasteiger partial charge is 0.292 e. The van der Waals surface area contributed by atoms with E-state index in [2.05, 4.69) is 10.2 Å². The van der Waals surface area contributed by atoms with Gasteiger partial charge in [-0.25, -0.2) is 8.42 Å². The van der Waals surface area contributed by atoms with Gasteiger partial charge in [0.15, 0.2) is 0 Å². The van der Waals surface area contributed by atoms with Crippen LogP contribution in [0.2, 0.25) is 0 Å². The molecule has 5 rings (SSSR count). The van der Waals surface area contributed by atoms with Crippen LogP contribution in [0.1, 0.15) is 18.5 Å². The fourth-order valence-corrected chi connectivity index (χ4v) is 6.18. The summed E-state index contributed by atoms with van der Waals surface area (Å²) in [5.74, 6) is 0. The van der Waals surface area contributed by atoms with Gasteiger partial charge in [0.2, 0.25) is 10.0 Å². The molecule has 8 nitrogen and oxygen atoms in total. The number of hydrogen-bond acceptors (Lipinski definition) is 6. The van der Waals surface area contributed by atoms with Gasteiger partial charge in [0.1, 0.15) is 5.69 Å². The average Bonchev–Trinajstić information content (AvgIpc) is 2.93. The number of hydrogen-bond donors (Lipinski definition) is 1. The molecule has 1 fully saturated rings. The molecule has 1 heterocycles. The zero-order chi connectivity index (χ0) is 26.0. The van der Waals surface area contributed by atoms with E-state index < -0.39 is 14.9 Å². The molecule has 1 saturated heterocycles. The topological polar surface area (TPSA) is 95.8 Å². The normalized spacial score (nSPS) is 15.4. The minimum absolute atomic E-state index is 0.00375. The zero-order valence-electron chi connectivity index (χ0n) is 20.4. The van der Waals surface area contributed by atoms with Gasteiger partial charge in [-0.05, 0) is 47.5 Å². The van der Waals surface area contributed by atoms with E-state index in [9.17, 15) is 18.5 Å². The maximum atomic E-state index is 13.3. The lowest BCUT2D eigenvalue weighted by Gasteiger charge is -2.35. The lowest BCUT2D eigenvalue weighted by molar-refractivity contribution is -0.384. The number of sulfonamides is 1. The first-order valence-corrected chi connectivity index (χ1v) is 13.6. The van der Waals surface area contributed by atoms with Crippen LogP contribution in [-0.4, -0.2) is 43.8 Å². The molecule has 0 radical (unpaired) electrons. The Morgan fingerprint density at radius 3 is 2.22 bits per heavy atom. The lowest BCUT2D eigenvalue weighted by Crippen LogP contribution is -2.48. The summed E-state index contributed by atoms with van der Waals surface area (Å²) in [4.78, 5) is 13.6. The van der Waals surface area contributed by atoms with Crippen molar-refractivity contribution in [1.82, 2.24) is 4.31 Å². The molecule has 0 spiro atoms. The largest absolute Gasteiger partial charge is 0.373 e. The van der Waals surface area contributed by atoms with Crippen molar-refractivity contribution in [1.29, 1.82) is 0 Å². The third-order valence-corrected chi connectivity index (χ3v) is 8.71. The van der Waals surface area contributed by atoms with Gasteiger partial charge in [0, 0.05) is 44.0 Å². The van der Waals surface area contributed by atoms with Gasteiger partial charge in [-0.3, -0.25) is 10.1 Å². The minimum Gasteiger partial charge on any atom is -0.373 e. The number of nitro groups is 1.